The van der Waals surface area contributed by atoms with Crippen molar-refractivity contribution in [2.24, 2.45) is 0 Å². The first kappa shape index (κ1) is 14.5. The normalized spacial score (nSPS) is 12.9. The molecule has 0 saturated carbocycles. The number of hydrogen-bond acceptors (Lipinski definition) is 3. The molecule has 1 aromatic rings. The van der Waals surface area contributed by atoms with E-state index in [1.54, 1.807) is 20.8 Å². The molecule has 18 heavy (non-hydrogen) atoms. The highest BCUT2D eigenvalue weighted by Crippen LogP contribution is 2.13. The summed E-state index contributed by atoms with van der Waals surface area (Å²) in [6, 6.07) is 7.55. The molecule has 1 aromatic carbocycles. The molecule has 1 rings (SSSR count). The van der Waals surface area contributed by atoms with E-state index in [0.717, 1.165) is 11.1 Å². The topological polar surface area (TPSA) is 58.6 Å². The summed E-state index contributed by atoms with van der Waals surface area (Å²) in [5.41, 5.74) is 1.33. The number of nitrogens with one attached hydrogen (secondary N) is 1. The highest BCUT2D eigenvalue weighted by molar-refractivity contribution is 5.67. The molecule has 2 N–H and O–H groups in total. The quantitative estimate of drug-likeness (QED) is 0.868. The fourth-order valence-corrected chi connectivity index (χ4v) is 1.49. The van der Waals surface area contributed by atoms with Gasteiger partial charge in [0.1, 0.15) is 5.60 Å². The van der Waals surface area contributed by atoms with Crippen molar-refractivity contribution in [1.82, 2.24) is 5.32 Å². The van der Waals surface area contributed by atoms with E-state index in [4.69, 9.17) is 4.74 Å². The van der Waals surface area contributed by atoms with Crippen molar-refractivity contribution in [3.8, 4) is 0 Å². The lowest BCUT2D eigenvalue weighted by molar-refractivity contribution is 0.0492. The predicted octanol–water partition coefficient (Wildman–Crippen LogP) is 2.55. The summed E-state index contributed by atoms with van der Waals surface area (Å²) in [7, 11) is 0. The molecule has 0 saturated heterocycles. The second-order valence-corrected chi connectivity index (χ2v) is 5.31. The lowest BCUT2D eigenvalue weighted by atomic mass is 10.1. The smallest absolute Gasteiger partial charge is 0.407 e. The van der Waals surface area contributed by atoms with Crippen LogP contribution in [0, 0.1) is 6.92 Å². The van der Waals surface area contributed by atoms with Crippen LogP contribution in [0.2, 0.25) is 0 Å². The molecule has 1 amide bonds. The third-order valence-electron chi connectivity index (χ3n) is 2.27. The minimum atomic E-state index is -0.725. The number of carbonyl (C=O) groups excluding carboxylic acids is 1. The maximum atomic E-state index is 11.4. The van der Waals surface area contributed by atoms with E-state index >= 15 is 0 Å². The van der Waals surface area contributed by atoms with Gasteiger partial charge in [-0.3, -0.25) is 0 Å². The summed E-state index contributed by atoms with van der Waals surface area (Å²) in [4.78, 5) is 11.4. The average molecular weight is 251 g/mol. The molecule has 0 radical (unpaired) electrons. The molecule has 0 aliphatic rings. The summed E-state index contributed by atoms with van der Waals surface area (Å²) in [6.07, 6.45) is -1.24. The van der Waals surface area contributed by atoms with Gasteiger partial charge in [0.15, 0.2) is 0 Å². The predicted molar refractivity (Wildman–Crippen MR) is 70.4 cm³/mol. The second-order valence-electron chi connectivity index (χ2n) is 5.31. The van der Waals surface area contributed by atoms with Crippen LogP contribution in [0.15, 0.2) is 24.3 Å². The summed E-state index contributed by atoms with van der Waals surface area (Å²) >= 11 is 0. The van der Waals surface area contributed by atoms with Gasteiger partial charge in [-0.15, -0.1) is 0 Å². The van der Waals surface area contributed by atoms with E-state index in [-0.39, 0.29) is 6.54 Å². The lowest BCUT2D eigenvalue weighted by Crippen LogP contribution is -2.34. The molecule has 1 atom stereocenters. The number of ether oxygens (including phenoxy) is 1. The number of carbonyl (C=O) groups is 1. The van der Waals surface area contributed by atoms with Crippen LogP contribution in [0.1, 0.15) is 38.0 Å². The van der Waals surface area contributed by atoms with E-state index in [2.05, 4.69) is 5.32 Å². The van der Waals surface area contributed by atoms with E-state index in [9.17, 15) is 9.90 Å². The standard InChI is InChI=1S/C14H21NO3/c1-10-6-5-7-11(8-10)12(16)9-15-13(17)18-14(2,3)4/h5-8,12,16H,9H2,1-4H3,(H,15,17). The first-order valence-electron chi connectivity index (χ1n) is 5.99. The Labute approximate surface area is 108 Å². The Morgan fingerprint density at radius 3 is 2.67 bits per heavy atom. The summed E-state index contributed by atoms with van der Waals surface area (Å²) in [5, 5.41) is 12.5. The third kappa shape index (κ3) is 5.19. The van der Waals surface area contributed by atoms with Crippen molar-refractivity contribution in [2.45, 2.75) is 39.4 Å². The fourth-order valence-electron chi connectivity index (χ4n) is 1.49. The Hall–Kier alpha value is -1.55. The number of hydrogen-bond donors (Lipinski definition) is 2. The molecule has 0 fully saturated rings. The van der Waals surface area contributed by atoms with Crippen LogP contribution in [0.25, 0.3) is 0 Å². The van der Waals surface area contributed by atoms with Gasteiger partial charge in [-0.25, -0.2) is 4.79 Å². The van der Waals surface area contributed by atoms with Crippen molar-refractivity contribution >= 4 is 6.09 Å². The average Bonchev–Trinajstić information content (AvgIpc) is 2.23. The van der Waals surface area contributed by atoms with Crippen LogP contribution in [-0.4, -0.2) is 23.3 Å². The van der Waals surface area contributed by atoms with Crippen LogP contribution >= 0.6 is 0 Å². The molecule has 0 aliphatic carbocycles. The van der Waals surface area contributed by atoms with Crippen LogP contribution in [0.3, 0.4) is 0 Å². The van der Waals surface area contributed by atoms with Gasteiger partial charge in [-0.05, 0) is 33.3 Å². The SMILES string of the molecule is Cc1cccc(C(O)CNC(=O)OC(C)(C)C)c1. The first-order valence-corrected chi connectivity index (χ1v) is 5.99. The monoisotopic (exact) mass is 251 g/mol. The zero-order valence-electron chi connectivity index (χ0n) is 11.4. The molecule has 0 heterocycles. The number of alkyl carbamates (subject to hydrolysis) is 1. The van der Waals surface area contributed by atoms with Gasteiger partial charge in [0.2, 0.25) is 0 Å². The van der Waals surface area contributed by atoms with Gasteiger partial charge in [0, 0.05) is 0 Å². The highest BCUT2D eigenvalue weighted by Gasteiger charge is 2.17. The molecule has 100 valence electrons. The van der Waals surface area contributed by atoms with Gasteiger partial charge in [-0.1, -0.05) is 29.8 Å². The number of aliphatic hydroxyl groups is 1. The van der Waals surface area contributed by atoms with Crippen molar-refractivity contribution in [1.29, 1.82) is 0 Å². The number of aryl methyl sites for hydroxylation is 1. The molecule has 0 spiro atoms. The Balaban J connectivity index is 2.46. The van der Waals surface area contributed by atoms with E-state index in [1.165, 1.54) is 0 Å². The largest absolute Gasteiger partial charge is 0.444 e. The van der Waals surface area contributed by atoms with Crippen LogP contribution < -0.4 is 5.32 Å². The molecular formula is C14H21NO3. The van der Waals surface area contributed by atoms with Crippen molar-refractivity contribution in [3.05, 3.63) is 35.4 Å². The lowest BCUT2D eigenvalue weighted by Gasteiger charge is -2.20. The highest BCUT2D eigenvalue weighted by atomic mass is 16.6. The number of amides is 1. The Morgan fingerprint density at radius 2 is 2.11 bits per heavy atom. The van der Waals surface area contributed by atoms with Crippen LogP contribution in [0.4, 0.5) is 4.79 Å². The van der Waals surface area contributed by atoms with Gasteiger partial charge in [0.05, 0.1) is 12.6 Å². The Bertz CT molecular complexity index is 410. The molecule has 1 unspecified atom stereocenters. The maximum absolute atomic E-state index is 11.4. The van der Waals surface area contributed by atoms with E-state index in [1.807, 2.05) is 31.2 Å². The van der Waals surface area contributed by atoms with Crippen LogP contribution in [0.5, 0.6) is 0 Å². The first-order chi connectivity index (χ1) is 8.28. The Morgan fingerprint density at radius 1 is 1.44 bits per heavy atom. The van der Waals surface area contributed by atoms with E-state index < -0.39 is 17.8 Å². The fraction of sp³-hybridized carbons (Fsp3) is 0.500. The molecule has 4 nitrogen and oxygen atoms in total. The summed E-state index contributed by atoms with van der Waals surface area (Å²) in [6.45, 7) is 7.48. The number of benzene rings is 1. The number of aliphatic hydroxyl groups excluding tert-OH is 1. The zero-order valence-corrected chi connectivity index (χ0v) is 11.4. The van der Waals surface area contributed by atoms with E-state index in [0.29, 0.717) is 0 Å². The van der Waals surface area contributed by atoms with Crippen molar-refractivity contribution < 1.29 is 14.6 Å². The Kier molecular flexibility index (Phi) is 4.73. The van der Waals surface area contributed by atoms with Crippen molar-refractivity contribution in [3.63, 3.8) is 0 Å². The van der Waals surface area contributed by atoms with Gasteiger partial charge in [0.25, 0.3) is 0 Å². The second kappa shape index (κ2) is 5.87. The van der Waals surface area contributed by atoms with Crippen LogP contribution in [-0.2, 0) is 4.74 Å². The van der Waals surface area contributed by atoms with Gasteiger partial charge in [-0.2, -0.15) is 0 Å². The molecule has 4 heteroatoms. The molecule has 0 bridgehead atoms. The molecular weight excluding hydrogens is 230 g/mol. The summed E-state index contributed by atoms with van der Waals surface area (Å²) in [5.74, 6) is 0. The third-order valence-corrected chi connectivity index (χ3v) is 2.27. The van der Waals surface area contributed by atoms with Gasteiger partial charge >= 0.3 is 6.09 Å². The zero-order chi connectivity index (χ0) is 13.8. The minimum absolute atomic E-state index is 0.137. The summed E-state index contributed by atoms with van der Waals surface area (Å²) < 4.78 is 5.09. The molecule has 0 aliphatic heterocycles. The van der Waals surface area contributed by atoms with Crippen molar-refractivity contribution in [2.75, 3.05) is 6.54 Å². The van der Waals surface area contributed by atoms with Gasteiger partial charge < -0.3 is 15.2 Å². The minimum Gasteiger partial charge on any atom is -0.444 e. The maximum Gasteiger partial charge on any atom is 0.407 e. The molecule has 0 aromatic heterocycles. The number of rotatable bonds is 3.